The van der Waals surface area contributed by atoms with Gasteiger partial charge in [-0.25, -0.2) is 0 Å². The van der Waals surface area contributed by atoms with Crippen molar-refractivity contribution in [2.24, 2.45) is 5.73 Å². The first-order valence-corrected chi connectivity index (χ1v) is 13.8. The zero-order valence-electron chi connectivity index (χ0n) is 22.5. The minimum atomic E-state index is -1.21. The van der Waals surface area contributed by atoms with Crippen molar-refractivity contribution in [3.05, 3.63) is 168 Å². The third-order valence-corrected chi connectivity index (χ3v) is 7.90. The first-order valence-electron chi connectivity index (χ1n) is 13.8. The largest absolute Gasteiger partial charge is 0.368 e. The summed E-state index contributed by atoms with van der Waals surface area (Å²) in [7, 11) is 0. The summed E-state index contributed by atoms with van der Waals surface area (Å²) in [5.41, 5.74) is 8.20. The number of benzene rings is 6. The number of hydrogen-bond donors (Lipinski definition) is 2. The molecule has 6 rings (SSSR count). The SMILES string of the molecule is NC(=O)[C@H](Cc1c2ccccc2cc2ccccc12)NC(=O)C(c1ccccc1)(c1ccccc1)c1ccccc1. The number of rotatable bonds is 8. The average molecular weight is 535 g/mol. The van der Waals surface area contributed by atoms with Gasteiger partial charge in [0.1, 0.15) is 11.5 Å². The second-order valence-electron chi connectivity index (χ2n) is 10.3. The summed E-state index contributed by atoms with van der Waals surface area (Å²) < 4.78 is 0. The maximum Gasteiger partial charge on any atom is 0.240 e. The molecule has 4 nitrogen and oxygen atoms in total. The molecule has 0 fully saturated rings. The molecule has 0 aliphatic heterocycles. The van der Waals surface area contributed by atoms with E-state index in [2.05, 4.69) is 35.6 Å². The zero-order chi connectivity index (χ0) is 28.2. The Morgan fingerprint density at radius 2 is 0.976 bits per heavy atom. The molecule has 0 radical (unpaired) electrons. The average Bonchev–Trinajstić information content (AvgIpc) is 3.02. The van der Waals surface area contributed by atoms with Gasteiger partial charge in [-0.2, -0.15) is 0 Å². The molecule has 2 amide bonds. The molecular weight excluding hydrogens is 504 g/mol. The Balaban J connectivity index is 1.50. The van der Waals surface area contributed by atoms with Gasteiger partial charge in [0, 0.05) is 6.42 Å². The van der Waals surface area contributed by atoms with Gasteiger partial charge in [0.15, 0.2) is 0 Å². The minimum Gasteiger partial charge on any atom is -0.368 e. The molecule has 41 heavy (non-hydrogen) atoms. The fraction of sp³-hybridized carbons (Fsp3) is 0.0811. The van der Waals surface area contributed by atoms with Crippen LogP contribution in [0.1, 0.15) is 22.3 Å². The predicted octanol–water partition coefficient (Wildman–Crippen LogP) is 6.54. The molecule has 3 N–H and O–H groups in total. The van der Waals surface area contributed by atoms with Gasteiger partial charge in [-0.3, -0.25) is 9.59 Å². The molecule has 0 spiro atoms. The van der Waals surface area contributed by atoms with E-state index in [1.165, 1.54) is 0 Å². The summed E-state index contributed by atoms with van der Waals surface area (Å²) in [6.45, 7) is 0. The lowest BCUT2D eigenvalue weighted by molar-refractivity contribution is -0.129. The molecule has 6 aromatic rings. The second kappa shape index (κ2) is 11.1. The molecule has 0 aliphatic carbocycles. The van der Waals surface area contributed by atoms with E-state index in [0.29, 0.717) is 0 Å². The van der Waals surface area contributed by atoms with Crippen molar-refractivity contribution < 1.29 is 9.59 Å². The van der Waals surface area contributed by atoms with Crippen LogP contribution in [0.3, 0.4) is 0 Å². The number of nitrogens with two attached hydrogens (primary N) is 1. The van der Waals surface area contributed by atoms with E-state index in [0.717, 1.165) is 43.8 Å². The van der Waals surface area contributed by atoms with Gasteiger partial charge in [0.05, 0.1) is 0 Å². The van der Waals surface area contributed by atoms with Gasteiger partial charge < -0.3 is 11.1 Å². The number of fused-ring (bicyclic) bond motifs is 2. The Morgan fingerprint density at radius 1 is 0.585 bits per heavy atom. The summed E-state index contributed by atoms with van der Waals surface area (Å²) >= 11 is 0. The predicted molar refractivity (Wildman–Crippen MR) is 165 cm³/mol. The van der Waals surface area contributed by atoms with Crippen LogP contribution >= 0.6 is 0 Å². The van der Waals surface area contributed by atoms with Crippen LogP contribution in [0.5, 0.6) is 0 Å². The summed E-state index contributed by atoms with van der Waals surface area (Å²) in [6.07, 6.45) is 0.261. The molecular formula is C37H30N2O2. The van der Waals surface area contributed by atoms with Crippen molar-refractivity contribution in [3.63, 3.8) is 0 Å². The highest BCUT2D eigenvalue weighted by Crippen LogP contribution is 2.40. The third-order valence-electron chi connectivity index (χ3n) is 7.90. The van der Waals surface area contributed by atoms with E-state index in [-0.39, 0.29) is 12.3 Å². The number of carbonyl (C=O) groups is 2. The highest BCUT2D eigenvalue weighted by Gasteiger charge is 2.44. The topological polar surface area (TPSA) is 72.2 Å². The van der Waals surface area contributed by atoms with Crippen LogP contribution in [-0.4, -0.2) is 17.9 Å². The van der Waals surface area contributed by atoms with Crippen LogP contribution in [0.2, 0.25) is 0 Å². The van der Waals surface area contributed by atoms with Crippen LogP contribution in [-0.2, 0) is 21.4 Å². The molecule has 0 aliphatic rings. The molecule has 0 saturated carbocycles. The summed E-state index contributed by atoms with van der Waals surface area (Å²) in [4.78, 5) is 27.8. The maximum absolute atomic E-state index is 14.8. The Kier molecular flexibility index (Phi) is 7.05. The molecule has 0 aromatic heterocycles. The molecule has 0 bridgehead atoms. The summed E-state index contributed by atoms with van der Waals surface area (Å²) in [6, 6.07) is 46.5. The van der Waals surface area contributed by atoms with E-state index in [1.807, 2.05) is 115 Å². The van der Waals surface area contributed by atoms with Gasteiger partial charge >= 0.3 is 0 Å². The molecule has 4 heteroatoms. The normalized spacial score (nSPS) is 12.2. The highest BCUT2D eigenvalue weighted by atomic mass is 16.2. The third kappa shape index (κ3) is 4.74. The van der Waals surface area contributed by atoms with E-state index in [4.69, 9.17) is 5.73 Å². The van der Waals surface area contributed by atoms with Crippen molar-refractivity contribution in [3.8, 4) is 0 Å². The van der Waals surface area contributed by atoms with Gasteiger partial charge in [-0.05, 0) is 49.9 Å². The van der Waals surface area contributed by atoms with Crippen LogP contribution in [0.15, 0.2) is 146 Å². The zero-order valence-corrected chi connectivity index (χ0v) is 22.5. The van der Waals surface area contributed by atoms with Gasteiger partial charge in [-0.1, -0.05) is 140 Å². The number of carbonyl (C=O) groups excluding carboxylic acids is 2. The number of primary amides is 1. The van der Waals surface area contributed by atoms with Crippen molar-refractivity contribution >= 4 is 33.4 Å². The summed E-state index contributed by atoms with van der Waals surface area (Å²) in [5.74, 6) is -0.895. The number of nitrogens with one attached hydrogen (secondary N) is 1. The standard InChI is InChI=1S/C37H30N2O2/c38-35(40)34(25-33-31-22-12-10-14-26(31)24-27-15-11-13-23-32(27)33)39-36(41)37(28-16-4-1-5-17-28,29-18-6-2-7-19-29)30-20-8-3-9-21-30/h1-24,34H,25H2,(H2,38,40)(H,39,41)/t34-/m0/s1. The molecule has 0 saturated heterocycles. The minimum absolute atomic E-state index is 0.261. The Morgan fingerprint density at radius 3 is 1.39 bits per heavy atom. The Hall–Kier alpha value is -5.22. The van der Waals surface area contributed by atoms with Crippen molar-refractivity contribution in [2.45, 2.75) is 17.9 Å². The van der Waals surface area contributed by atoms with Crippen LogP contribution < -0.4 is 11.1 Å². The lowest BCUT2D eigenvalue weighted by Crippen LogP contribution is -2.54. The van der Waals surface area contributed by atoms with E-state index >= 15 is 0 Å². The van der Waals surface area contributed by atoms with Gasteiger partial charge in [-0.15, -0.1) is 0 Å². The van der Waals surface area contributed by atoms with E-state index < -0.39 is 17.4 Å². The first kappa shape index (κ1) is 26.0. The van der Waals surface area contributed by atoms with Crippen molar-refractivity contribution in [2.75, 3.05) is 0 Å². The molecule has 0 unspecified atom stereocenters. The van der Waals surface area contributed by atoms with E-state index in [9.17, 15) is 9.59 Å². The van der Waals surface area contributed by atoms with Gasteiger partial charge in [0.25, 0.3) is 0 Å². The van der Waals surface area contributed by atoms with Crippen LogP contribution in [0, 0.1) is 0 Å². The fourth-order valence-corrected chi connectivity index (χ4v) is 5.98. The monoisotopic (exact) mass is 534 g/mol. The quantitative estimate of drug-likeness (QED) is 0.172. The lowest BCUT2D eigenvalue weighted by atomic mass is 9.68. The smallest absolute Gasteiger partial charge is 0.240 e. The maximum atomic E-state index is 14.8. The fourth-order valence-electron chi connectivity index (χ4n) is 5.98. The van der Waals surface area contributed by atoms with E-state index in [1.54, 1.807) is 0 Å². The Bertz CT molecular complexity index is 1680. The highest BCUT2D eigenvalue weighted by molar-refractivity contribution is 6.03. The second-order valence-corrected chi connectivity index (χ2v) is 10.3. The summed E-state index contributed by atoms with van der Waals surface area (Å²) in [5, 5.41) is 7.33. The molecule has 6 aromatic carbocycles. The first-order chi connectivity index (χ1) is 20.1. The molecule has 200 valence electrons. The van der Waals surface area contributed by atoms with Crippen molar-refractivity contribution in [1.82, 2.24) is 5.32 Å². The van der Waals surface area contributed by atoms with Crippen LogP contribution in [0.4, 0.5) is 0 Å². The van der Waals surface area contributed by atoms with Crippen molar-refractivity contribution in [1.29, 1.82) is 0 Å². The molecule has 0 heterocycles. The number of hydrogen-bond acceptors (Lipinski definition) is 2. The number of amides is 2. The lowest BCUT2D eigenvalue weighted by Gasteiger charge is -2.35. The molecule has 1 atom stereocenters. The van der Waals surface area contributed by atoms with Gasteiger partial charge in [0.2, 0.25) is 11.8 Å². The Labute approximate surface area is 239 Å². The van der Waals surface area contributed by atoms with Crippen LogP contribution in [0.25, 0.3) is 21.5 Å².